The minimum absolute atomic E-state index is 0.192. The van der Waals surface area contributed by atoms with E-state index in [1.54, 1.807) is 18.2 Å². The van der Waals surface area contributed by atoms with Crippen molar-refractivity contribution in [2.75, 3.05) is 0 Å². The fourth-order valence-electron chi connectivity index (χ4n) is 0.874. The second kappa shape index (κ2) is 4.19. The molecule has 0 saturated carbocycles. The van der Waals surface area contributed by atoms with Crippen LogP contribution in [0, 0.1) is 0 Å². The van der Waals surface area contributed by atoms with Gasteiger partial charge in [0.2, 0.25) is 0 Å². The van der Waals surface area contributed by atoms with E-state index in [0.717, 1.165) is 11.5 Å². The highest BCUT2D eigenvalue weighted by Gasteiger charge is 2.08. The fourth-order valence-corrected chi connectivity index (χ4v) is 1.94. The maximum absolute atomic E-state index is 11.5. The van der Waals surface area contributed by atoms with Crippen molar-refractivity contribution in [2.24, 2.45) is 0 Å². The molecule has 0 heterocycles. The molecule has 0 saturated heterocycles. The summed E-state index contributed by atoms with van der Waals surface area (Å²) >= 11 is 0. The molecule has 0 radical (unpaired) electrons. The van der Waals surface area contributed by atoms with E-state index in [4.69, 9.17) is 0 Å². The molecule has 0 spiro atoms. The number of hydrogen-bond acceptors (Lipinski definition) is 3. The lowest BCUT2D eigenvalue weighted by molar-refractivity contribution is -0.112. The van der Waals surface area contributed by atoms with Gasteiger partial charge in [-0.3, -0.25) is 4.79 Å². The van der Waals surface area contributed by atoms with Crippen LogP contribution in [0.1, 0.15) is 6.92 Å². The zero-order valence-corrected chi connectivity index (χ0v) is 8.49. The monoisotopic (exact) mass is 210 g/mol. The van der Waals surface area contributed by atoms with Crippen molar-refractivity contribution in [1.82, 2.24) is 0 Å². The molecule has 3 nitrogen and oxygen atoms in total. The van der Waals surface area contributed by atoms with Gasteiger partial charge in [-0.25, -0.2) is 8.42 Å². The predicted molar refractivity (Wildman–Crippen MR) is 53.4 cm³/mol. The van der Waals surface area contributed by atoms with Crippen LogP contribution in [0.5, 0.6) is 0 Å². The van der Waals surface area contributed by atoms with Crippen molar-refractivity contribution in [3.63, 3.8) is 0 Å². The molecule has 0 aromatic heterocycles. The lowest BCUT2D eigenvalue weighted by Gasteiger charge is -1.96. The highest BCUT2D eigenvalue weighted by Crippen LogP contribution is 2.10. The largest absolute Gasteiger partial charge is 0.295 e. The van der Waals surface area contributed by atoms with Gasteiger partial charge in [0.1, 0.15) is 0 Å². The smallest absolute Gasteiger partial charge is 0.199 e. The van der Waals surface area contributed by atoms with Crippen LogP contribution in [-0.2, 0) is 14.6 Å². The van der Waals surface area contributed by atoms with Gasteiger partial charge in [0.05, 0.1) is 4.90 Å². The summed E-state index contributed by atoms with van der Waals surface area (Å²) in [6, 6.07) is 7.97. The maximum Gasteiger partial charge on any atom is 0.199 e. The van der Waals surface area contributed by atoms with E-state index in [2.05, 4.69) is 0 Å². The topological polar surface area (TPSA) is 51.2 Å². The number of carbonyl (C=O) groups excluding carboxylic acids is 1. The van der Waals surface area contributed by atoms with Gasteiger partial charge in [-0.2, -0.15) is 0 Å². The molecule has 74 valence electrons. The first-order valence-corrected chi connectivity index (χ1v) is 5.56. The van der Waals surface area contributed by atoms with Crippen LogP contribution in [0.4, 0.5) is 0 Å². The Hall–Kier alpha value is -1.42. The molecule has 0 bridgehead atoms. The van der Waals surface area contributed by atoms with E-state index < -0.39 is 9.84 Å². The van der Waals surface area contributed by atoms with Gasteiger partial charge in [0, 0.05) is 5.41 Å². The Kier molecular flexibility index (Phi) is 3.19. The number of ketones is 1. The van der Waals surface area contributed by atoms with E-state index >= 15 is 0 Å². The number of hydrogen-bond donors (Lipinski definition) is 0. The van der Waals surface area contributed by atoms with Crippen molar-refractivity contribution < 1.29 is 13.2 Å². The van der Waals surface area contributed by atoms with Crippen molar-refractivity contribution in [3.05, 3.63) is 41.8 Å². The Balaban J connectivity index is 3.05. The Morgan fingerprint density at radius 1 is 1.21 bits per heavy atom. The average Bonchev–Trinajstić information content (AvgIpc) is 2.16. The third-order valence-electron chi connectivity index (χ3n) is 1.55. The molecular weight excluding hydrogens is 200 g/mol. The fraction of sp³-hybridized carbons (Fsp3) is 0.100. The second-order valence-corrected chi connectivity index (χ2v) is 4.61. The minimum Gasteiger partial charge on any atom is -0.295 e. The van der Waals surface area contributed by atoms with Crippen molar-refractivity contribution >= 4 is 15.6 Å². The van der Waals surface area contributed by atoms with Gasteiger partial charge in [-0.1, -0.05) is 18.2 Å². The summed E-state index contributed by atoms with van der Waals surface area (Å²) in [5.41, 5.74) is 0. The van der Waals surface area contributed by atoms with Crippen LogP contribution in [0.25, 0.3) is 0 Å². The van der Waals surface area contributed by atoms with Gasteiger partial charge in [-0.05, 0) is 25.1 Å². The van der Waals surface area contributed by atoms with Crippen LogP contribution in [0.3, 0.4) is 0 Å². The molecule has 1 aromatic carbocycles. The van der Waals surface area contributed by atoms with Gasteiger partial charge in [0.25, 0.3) is 0 Å². The van der Waals surface area contributed by atoms with Crippen LogP contribution >= 0.6 is 0 Å². The summed E-state index contributed by atoms with van der Waals surface area (Å²) in [5, 5.41) is 0.921. The zero-order valence-electron chi connectivity index (χ0n) is 7.67. The molecule has 1 rings (SSSR count). The summed E-state index contributed by atoms with van der Waals surface area (Å²) in [6.07, 6.45) is 1.04. The summed E-state index contributed by atoms with van der Waals surface area (Å²) in [5.74, 6) is -0.287. The van der Waals surface area contributed by atoms with Crippen LogP contribution in [-0.4, -0.2) is 14.2 Å². The number of rotatable bonds is 3. The second-order valence-electron chi connectivity index (χ2n) is 2.77. The zero-order chi connectivity index (χ0) is 10.6. The number of benzene rings is 1. The SMILES string of the molecule is CC(=O)/C=C/S(=O)(=O)c1ccccc1. The Morgan fingerprint density at radius 2 is 1.79 bits per heavy atom. The van der Waals surface area contributed by atoms with E-state index in [9.17, 15) is 13.2 Å². The molecule has 0 amide bonds. The summed E-state index contributed by atoms with van der Waals surface area (Å²) < 4.78 is 23.0. The van der Waals surface area contributed by atoms with Crippen LogP contribution in [0.15, 0.2) is 46.7 Å². The quantitative estimate of drug-likeness (QED) is 0.711. The Bertz CT molecular complexity index is 444. The molecular formula is C10H10O3S. The first-order chi connectivity index (χ1) is 6.52. The van der Waals surface area contributed by atoms with Crippen molar-refractivity contribution in [2.45, 2.75) is 11.8 Å². The van der Waals surface area contributed by atoms with Crippen molar-refractivity contribution in [3.8, 4) is 0 Å². The molecule has 0 N–H and O–H groups in total. The molecule has 0 fully saturated rings. The summed E-state index contributed by atoms with van der Waals surface area (Å²) in [6.45, 7) is 1.30. The summed E-state index contributed by atoms with van der Waals surface area (Å²) in [7, 11) is -3.46. The molecule has 1 aromatic rings. The first kappa shape index (κ1) is 10.7. The standard InChI is InChI=1S/C10H10O3S/c1-9(11)7-8-14(12,13)10-5-3-2-4-6-10/h2-8H,1H3/b8-7+. The first-order valence-electron chi connectivity index (χ1n) is 4.01. The third kappa shape index (κ3) is 2.81. The Labute approximate surface area is 83.0 Å². The van der Waals surface area contributed by atoms with Gasteiger partial charge < -0.3 is 0 Å². The molecule has 0 aliphatic rings. The Morgan fingerprint density at radius 3 is 2.29 bits per heavy atom. The molecule has 4 heteroatoms. The summed E-state index contributed by atoms with van der Waals surface area (Å²) in [4.78, 5) is 10.8. The molecule has 0 aliphatic carbocycles. The molecule has 0 unspecified atom stereocenters. The van der Waals surface area contributed by atoms with E-state index in [0.29, 0.717) is 0 Å². The van der Waals surface area contributed by atoms with E-state index in [-0.39, 0.29) is 10.7 Å². The highest BCUT2D eigenvalue weighted by molar-refractivity contribution is 7.94. The van der Waals surface area contributed by atoms with E-state index in [1.807, 2.05) is 0 Å². The lowest BCUT2D eigenvalue weighted by atomic mass is 10.4. The van der Waals surface area contributed by atoms with Crippen molar-refractivity contribution in [1.29, 1.82) is 0 Å². The normalized spacial score (nSPS) is 11.8. The predicted octanol–water partition coefficient (Wildman–Crippen LogP) is 1.56. The molecule has 0 atom stereocenters. The van der Waals surface area contributed by atoms with Crippen LogP contribution < -0.4 is 0 Å². The van der Waals surface area contributed by atoms with Gasteiger partial charge >= 0.3 is 0 Å². The molecule has 14 heavy (non-hydrogen) atoms. The third-order valence-corrected chi connectivity index (χ3v) is 2.98. The van der Waals surface area contributed by atoms with Crippen LogP contribution in [0.2, 0.25) is 0 Å². The maximum atomic E-state index is 11.5. The minimum atomic E-state index is -3.46. The highest BCUT2D eigenvalue weighted by atomic mass is 32.2. The average molecular weight is 210 g/mol. The van der Waals surface area contributed by atoms with Gasteiger partial charge in [-0.15, -0.1) is 0 Å². The number of allylic oxidation sites excluding steroid dienone is 1. The molecule has 0 aliphatic heterocycles. The van der Waals surface area contributed by atoms with Gasteiger partial charge in [0.15, 0.2) is 15.6 Å². The van der Waals surface area contributed by atoms with E-state index in [1.165, 1.54) is 19.1 Å². The lowest BCUT2D eigenvalue weighted by Crippen LogP contribution is -1.96. The number of sulfone groups is 1. The number of carbonyl (C=O) groups is 1.